The Hall–Kier alpha value is -1.71. The summed E-state index contributed by atoms with van der Waals surface area (Å²) in [6.45, 7) is 2.43. The number of aryl methyl sites for hydroxylation is 1. The number of hydrogen-bond acceptors (Lipinski definition) is 3. The largest absolute Gasteiger partial charge is 0.377 e. The van der Waals surface area contributed by atoms with Crippen LogP contribution >= 0.6 is 0 Å². The number of anilines is 2. The van der Waals surface area contributed by atoms with Gasteiger partial charge in [-0.25, -0.2) is 0 Å². The number of nitrogens with zero attached hydrogens (tertiary/aromatic N) is 1. The molecule has 0 saturated heterocycles. The maximum atomic E-state index is 12.0. The lowest BCUT2D eigenvalue weighted by Crippen LogP contribution is -2.39. The van der Waals surface area contributed by atoms with Crippen molar-refractivity contribution in [3.63, 3.8) is 0 Å². The molecule has 1 aromatic rings. The van der Waals surface area contributed by atoms with Crippen molar-refractivity contribution in [2.24, 2.45) is 0 Å². The van der Waals surface area contributed by atoms with Gasteiger partial charge in [0.2, 0.25) is 5.91 Å². The molecule has 1 fully saturated rings. The van der Waals surface area contributed by atoms with E-state index in [0.717, 1.165) is 18.5 Å². The lowest BCUT2D eigenvalue weighted by Gasteiger charge is -2.23. The molecule has 0 spiro atoms. The van der Waals surface area contributed by atoms with Crippen molar-refractivity contribution >= 4 is 17.3 Å². The summed E-state index contributed by atoms with van der Waals surface area (Å²) < 4.78 is 0. The highest BCUT2D eigenvalue weighted by Gasteiger charge is 2.15. The van der Waals surface area contributed by atoms with E-state index >= 15 is 0 Å². The molecule has 1 aliphatic carbocycles. The van der Waals surface area contributed by atoms with E-state index in [9.17, 15) is 4.79 Å². The van der Waals surface area contributed by atoms with Crippen LogP contribution < -0.4 is 15.5 Å². The third-order valence-electron chi connectivity index (χ3n) is 4.11. The lowest BCUT2D eigenvalue weighted by molar-refractivity contribution is -0.120. The van der Waals surface area contributed by atoms with Crippen LogP contribution in [0.4, 0.5) is 11.4 Å². The molecular weight excluding hydrogens is 262 g/mol. The fraction of sp³-hybridized carbons (Fsp3) is 0.588. The van der Waals surface area contributed by atoms with Crippen molar-refractivity contribution in [3.05, 3.63) is 23.8 Å². The molecule has 0 aliphatic heterocycles. The Labute approximate surface area is 127 Å². The summed E-state index contributed by atoms with van der Waals surface area (Å²) in [5.41, 5.74) is 3.40. The molecule has 4 nitrogen and oxygen atoms in total. The van der Waals surface area contributed by atoms with Crippen molar-refractivity contribution in [3.8, 4) is 0 Å². The minimum atomic E-state index is 0.0916. The lowest BCUT2D eigenvalue weighted by atomic mass is 9.95. The third kappa shape index (κ3) is 4.66. The highest BCUT2D eigenvalue weighted by atomic mass is 16.1. The smallest absolute Gasteiger partial charge is 0.239 e. The van der Waals surface area contributed by atoms with Crippen molar-refractivity contribution in [1.29, 1.82) is 0 Å². The van der Waals surface area contributed by atoms with Crippen molar-refractivity contribution in [2.75, 3.05) is 30.9 Å². The van der Waals surface area contributed by atoms with E-state index in [1.54, 1.807) is 0 Å². The zero-order chi connectivity index (χ0) is 15.2. The normalized spacial score (nSPS) is 15.6. The first kappa shape index (κ1) is 15.7. The van der Waals surface area contributed by atoms with Crippen molar-refractivity contribution in [2.45, 2.75) is 45.1 Å². The van der Waals surface area contributed by atoms with E-state index in [4.69, 9.17) is 0 Å². The first-order valence-corrected chi connectivity index (χ1v) is 7.87. The SMILES string of the molecule is Cc1ccc(NCC(=O)NC2CCCCC2)cc1N(C)C. The summed E-state index contributed by atoms with van der Waals surface area (Å²) in [7, 11) is 4.06. The Morgan fingerprint density at radius 1 is 1.24 bits per heavy atom. The Morgan fingerprint density at radius 2 is 1.95 bits per heavy atom. The molecule has 116 valence electrons. The van der Waals surface area contributed by atoms with Crippen molar-refractivity contribution in [1.82, 2.24) is 5.32 Å². The van der Waals surface area contributed by atoms with E-state index in [0.29, 0.717) is 12.6 Å². The standard InChI is InChI=1S/C17H27N3O/c1-13-9-10-15(11-16(13)20(2)3)18-12-17(21)19-14-7-5-4-6-8-14/h9-11,14,18H,4-8,12H2,1-3H3,(H,19,21). The Balaban J connectivity index is 1.84. The predicted octanol–water partition coefficient (Wildman–Crippen LogP) is 2.92. The minimum Gasteiger partial charge on any atom is -0.377 e. The topological polar surface area (TPSA) is 44.4 Å². The van der Waals surface area contributed by atoms with Crippen LogP contribution in [-0.2, 0) is 4.79 Å². The maximum Gasteiger partial charge on any atom is 0.239 e. The molecule has 0 unspecified atom stereocenters. The molecule has 1 amide bonds. The fourth-order valence-electron chi connectivity index (χ4n) is 2.91. The molecule has 4 heteroatoms. The maximum absolute atomic E-state index is 12.0. The molecule has 1 saturated carbocycles. The number of benzene rings is 1. The second-order valence-corrected chi connectivity index (χ2v) is 6.15. The zero-order valence-electron chi connectivity index (χ0n) is 13.4. The number of amides is 1. The van der Waals surface area contributed by atoms with Gasteiger partial charge in [-0.3, -0.25) is 4.79 Å². The van der Waals surface area contributed by atoms with Crippen LogP contribution in [0, 0.1) is 6.92 Å². The molecule has 1 aliphatic rings. The van der Waals surface area contributed by atoms with E-state index in [-0.39, 0.29) is 5.91 Å². The van der Waals surface area contributed by atoms with Crippen molar-refractivity contribution < 1.29 is 4.79 Å². The molecule has 0 heterocycles. The molecule has 0 bridgehead atoms. The number of rotatable bonds is 5. The van der Waals surface area contributed by atoms with Crippen LogP contribution in [0.1, 0.15) is 37.7 Å². The average molecular weight is 289 g/mol. The molecule has 1 aromatic carbocycles. The van der Waals surface area contributed by atoms with Gasteiger partial charge in [-0.05, 0) is 37.5 Å². The summed E-state index contributed by atoms with van der Waals surface area (Å²) in [6.07, 6.45) is 6.04. The molecule has 0 radical (unpaired) electrons. The van der Waals surface area contributed by atoms with Gasteiger partial charge in [0, 0.05) is 31.5 Å². The van der Waals surface area contributed by atoms with Gasteiger partial charge in [0.25, 0.3) is 0 Å². The van der Waals surface area contributed by atoms with Crippen LogP contribution in [0.25, 0.3) is 0 Å². The highest BCUT2D eigenvalue weighted by Crippen LogP contribution is 2.22. The van der Waals surface area contributed by atoms with Gasteiger partial charge in [-0.2, -0.15) is 0 Å². The monoisotopic (exact) mass is 289 g/mol. The number of carbonyl (C=O) groups excluding carboxylic acids is 1. The third-order valence-corrected chi connectivity index (χ3v) is 4.11. The molecule has 2 rings (SSSR count). The second-order valence-electron chi connectivity index (χ2n) is 6.15. The first-order valence-electron chi connectivity index (χ1n) is 7.87. The number of nitrogens with one attached hydrogen (secondary N) is 2. The minimum absolute atomic E-state index is 0.0916. The second kappa shape index (κ2) is 7.34. The van der Waals surface area contributed by atoms with Gasteiger partial charge in [0.1, 0.15) is 0 Å². The molecular formula is C17H27N3O. The van der Waals surface area contributed by atoms with Crippen LogP contribution in [0.15, 0.2) is 18.2 Å². The molecule has 21 heavy (non-hydrogen) atoms. The first-order chi connectivity index (χ1) is 10.1. The summed E-state index contributed by atoms with van der Waals surface area (Å²) in [5, 5.41) is 6.34. The number of hydrogen-bond donors (Lipinski definition) is 2. The number of carbonyl (C=O) groups is 1. The van der Waals surface area contributed by atoms with E-state index in [1.807, 2.05) is 20.2 Å². The summed E-state index contributed by atoms with van der Waals surface area (Å²) in [6, 6.07) is 6.57. The van der Waals surface area contributed by atoms with E-state index < -0.39 is 0 Å². The van der Waals surface area contributed by atoms with Crippen LogP contribution in [0.2, 0.25) is 0 Å². The molecule has 0 aromatic heterocycles. The van der Waals surface area contributed by atoms with Gasteiger partial charge >= 0.3 is 0 Å². The van der Waals surface area contributed by atoms with Gasteiger partial charge in [-0.15, -0.1) is 0 Å². The quantitative estimate of drug-likeness (QED) is 0.876. The fourth-order valence-corrected chi connectivity index (χ4v) is 2.91. The van der Waals surface area contributed by atoms with E-state index in [1.165, 1.54) is 30.5 Å². The van der Waals surface area contributed by atoms with Gasteiger partial charge < -0.3 is 15.5 Å². The van der Waals surface area contributed by atoms with E-state index in [2.05, 4.69) is 34.6 Å². The van der Waals surface area contributed by atoms with Gasteiger partial charge in [0.05, 0.1) is 6.54 Å². The average Bonchev–Trinajstić information content (AvgIpc) is 2.47. The zero-order valence-corrected chi connectivity index (χ0v) is 13.4. The Bertz CT molecular complexity index is 479. The predicted molar refractivity (Wildman–Crippen MR) is 89.0 cm³/mol. The van der Waals surface area contributed by atoms with Crippen LogP contribution in [0.5, 0.6) is 0 Å². The summed E-state index contributed by atoms with van der Waals surface area (Å²) >= 11 is 0. The Kier molecular flexibility index (Phi) is 5.48. The van der Waals surface area contributed by atoms with Crippen LogP contribution in [-0.4, -0.2) is 32.6 Å². The van der Waals surface area contributed by atoms with Gasteiger partial charge in [-0.1, -0.05) is 25.3 Å². The summed E-state index contributed by atoms with van der Waals surface area (Å²) in [5.74, 6) is 0.0916. The Morgan fingerprint density at radius 3 is 2.62 bits per heavy atom. The molecule has 0 atom stereocenters. The van der Waals surface area contributed by atoms with Gasteiger partial charge in [0.15, 0.2) is 0 Å². The molecule has 2 N–H and O–H groups in total. The summed E-state index contributed by atoms with van der Waals surface area (Å²) in [4.78, 5) is 14.1. The van der Waals surface area contributed by atoms with Crippen LogP contribution in [0.3, 0.4) is 0 Å². The highest BCUT2D eigenvalue weighted by molar-refractivity contribution is 5.81.